The van der Waals surface area contributed by atoms with E-state index in [4.69, 9.17) is 4.74 Å². The molecule has 1 aliphatic heterocycles. The monoisotopic (exact) mass is 415 g/mol. The van der Waals surface area contributed by atoms with Crippen molar-refractivity contribution in [1.29, 1.82) is 0 Å². The highest BCUT2D eigenvalue weighted by molar-refractivity contribution is 9.10. The molecule has 4 nitrogen and oxygen atoms in total. The van der Waals surface area contributed by atoms with Crippen molar-refractivity contribution in [2.45, 2.75) is 30.6 Å². The van der Waals surface area contributed by atoms with Crippen LogP contribution in [0.1, 0.15) is 36.9 Å². The van der Waals surface area contributed by atoms with Gasteiger partial charge >= 0.3 is 6.09 Å². The van der Waals surface area contributed by atoms with E-state index in [9.17, 15) is 9.59 Å². The van der Waals surface area contributed by atoms with E-state index in [1.807, 2.05) is 60.7 Å². The molecule has 26 heavy (non-hydrogen) atoms. The van der Waals surface area contributed by atoms with Crippen LogP contribution in [0.25, 0.3) is 0 Å². The molecule has 136 valence electrons. The minimum Gasteiger partial charge on any atom is -0.446 e. The number of cyclic esters (lactones) is 1. The molecule has 0 radical (unpaired) electrons. The van der Waals surface area contributed by atoms with Gasteiger partial charge in [-0.05, 0) is 17.0 Å². The number of amides is 2. The third kappa shape index (κ3) is 3.68. The highest BCUT2D eigenvalue weighted by Crippen LogP contribution is 2.36. The first-order chi connectivity index (χ1) is 12.5. The highest BCUT2D eigenvalue weighted by Gasteiger charge is 2.43. The fourth-order valence-corrected chi connectivity index (χ4v) is 4.58. The highest BCUT2D eigenvalue weighted by atomic mass is 79.9. The van der Waals surface area contributed by atoms with Gasteiger partial charge < -0.3 is 4.74 Å². The molecule has 1 heterocycles. The molecule has 1 fully saturated rings. The van der Waals surface area contributed by atoms with Crippen LogP contribution in [-0.4, -0.2) is 28.3 Å². The number of rotatable bonds is 5. The van der Waals surface area contributed by atoms with E-state index in [0.29, 0.717) is 0 Å². The lowest BCUT2D eigenvalue weighted by atomic mass is 9.85. The lowest BCUT2D eigenvalue weighted by Crippen LogP contribution is -2.42. The number of carbonyl (C=O) groups excluding carboxylic acids is 2. The fraction of sp³-hybridized carbons (Fsp3) is 0.333. The summed E-state index contributed by atoms with van der Waals surface area (Å²) in [6.45, 7) is 4.35. The topological polar surface area (TPSA) is 46.6 Å². The fourth-order valence-electron chi connectivity index (χ4n) is 3.44. The Bertz CT molecular complexity index is 763. The first kappa shape index (κ1) is 18.6. The van der Waals surface area contributed by atoms with Gasteiger partial charge in [0.05, 0.1) is 0 Å². The van der Waals surface area contributed by atoms with Gasteiger partial charge in [0.1, 0.15) is 17.5 Å². The van der Waals surface area contributed by atoms with Crippen LogP contribution in [0.2, 0.25) is 0 Å². The van der Waals surface area contributed by atoms with Crippen LogP contribution < -0.4 is 0 Å². The Hall–Kier alpha value is -2.14. The van der Waals surface area contributed by atoms with Crippen LogP contribution in [0.15, 0.2) is 60.7 Å². The number of hydrogen-bond acceptors (Lipinski definition) is 3. The van der Waals surface area contributed by atoms with Crippen LogP contribution in [-0.2, 0) is 9.53 Å². The van der Waals surface area contributed by atoms with E-state index >= 15 is 0 Å². The quantitative estimate of drug-likeness (QED) is 0.651. The molecule has 0 saturated carbocycles. The first-order valence-corrected chi connectivity index (χ1v) is 9.66. The number of ether oxygens (including phenoxy) is 1. The summed E-state index contributed by atoms with van der Waals surface area (Å²) in [6, 6.07) is 19.0. The zero-order valence-corrected chi connectivity index (χ0v) is 16.4. The Morgan fingerprint density at radius 3 is 2.23 bits per heavy atom. The summed E-state index contributed by atoms with van der Waals surface area (Å²) in [7, 11) is 0. The molecule has 0 unspecified atom stereocenters. The maximum absolute atomic E-state index is 13.2. The maximum Gasteiger partial charge on any atom is 0.417 e. The van der Waals surface area contributed by atoms with Crippen LogP contribution in [0.3, 0.4) is 0 Å². The molecule has 3 atom stereocenters. The number of carbonyl (C=O) groups is 2. The van der Waals surface area contributed by atoms with Gasteiger partial charge in [0.15, 0.2) is 0 Å². The summed E-state index contributed by atoms with van der Waals surface area (Å²) in [5.41, 5.74) is 1.97. The summed E-state index contributed by atoms with van der Waals surface area (Å²) in [4.78, 5) is 26.3. The van der Waals surface area contributed by atoms with Gasteiger partial charge in [-0.3, -0.25) is 4.79 Å². The van der Waals surface area contributed by atoms with Crippen molar-refractivity contribution in [1.82, 2.24) is 4.90 Å². The Balaban J connectivity index is 1.89. The lowest BCUT2D eigenvalue weighted by molar-refractivity contribution is -0.129. The molecule has 2 amide bonds. The predicted octanol–water partition coefficient (Wildman–Crippen LogP) is 4.91. The van der Waals surface area contributed by atoms with Gasteiger partial charge in [0.2, 0.25) is 5.91 Å². The lowest BCUT2D eigenvalue weighted by Gasteiger charge is -2.29. The average molecular weight is 416 g/mol. The van der Waals surface area contributed by atoms with Crippen LogP contribution in [0, 0.1) is 5.92 Å². The molecule has 0 spiro atoms. The number of benzene rings is 2. The minimum absolute atomic E-state index is 0.0477. The van der Waals surface area contributed by atoms with Gasteiger partial charge in [0, 0.05) is 5.92 Å². The van der Waals surface area contributed by atoms with E-state index in [1.54, 1.807) is 0 Å². The minimum atomic E-state index is -0.580. The molecular weight excluding hydrogens is 394 g/mol. The molecular formula is C21H22BrNO3. The van der Waals surface area contributed by atoms with Crippen LogP contribution >= 0.6 is 15.9 Å². The predicted molar refractivity (Wildman–Crippen MR) is 104 cm³/mol. The second kappa shape index (κ2) is 8.04. The largest absolute Gasteiger partial charge is 0.446 e. The molecule has 3 rings (SSSR count). The number of hydrogen-bond donors (Lipinski definition) is 0. The van der Waals surface area contributed by atoms with E-state index in [0.717, 1.165) is 11.1 Å². The second-order valence-electron chi connectivity index (χ2n) is 6.79. The second-order valence-corrected chi connectivity index (χ2v) is 7.78. The van der Waals surface area contributed by atoms with E-state index < -0.39 is 10.9 Å². The van der Waals surface area contributed by atoms with Crippen molar-refractivity contribution in [2.75, 3.05) is 6.61 Å². The molecule has 1 aliphatic rings. The third-order valence-corrected chi connectivity index (χ3v) is 5.71. The molecule has 1 saturated heterocycles. The SMILES string of the molecule is CC(C)[C@H](c1ccccc1)[C@@H](Br)C(=O)N1C(=O)OC[C@H]1c1ccccc1. The van der Waals surface area contributed by atoms with E-state index in [-0.39, 0.29) is 30.4 Å². The number of imide groups is 1. The molecule has 2 aromatic rings. The van der Waals surface area contributed by atoms with Crippen molar-refractivity contribution in [2.24, 2.45) is 5.92 Å². The Morgan fingerprint density at radius 1 is 1.08 bits per heavy atom. The number of alkyl halides is 1. The van der Waals surface area contributed by atoms with Crippen molar-refractivity contribution in [3.05, 3.63) is 71.8 Å². The Kier molecular flexibility index (Phi) is 5.77. The zero-order valence-electron chi connectivity index (χ0n) is 14.8. The van der Waals surface area contributed by atoms with Crippen LogP contribution in [0.5, 0.6) is 0 Å². The van der Waals surface area contributed by atoms with Gasteiger partial charge in [-0.1, -0.05) is 90.4 Å². The zero-order chi connectivity index (χ0) is 18.7. The average Bonchev–Trinajstić information content (AvgIpc) is 3.04. The summed E-state index contributed by atoms with van der Waals surface area (Å²) >= 11 is 3.59. The molecule has 5 heteroatoms. The standard InChI is InChI=1S/C21H22BrNO3/c1-14(2)18(16-11-7-4-8-12-16)19(22)20(24)23-17(13-26-21(23)25)15-9-5-3-6-10-15/h3-12,14,17-19H,13H2,1-2H3/t17-,18+,19+/m0/s1. The van der Waals surface area contributed by atoms with Crippen molar-refractivity contribution in [3.8, 4) is 0 Å². The van der Waals surface area contributed by atoms with Crippen molar-refractivity contribution >= 4 is 27.9 Å². The summed E-state index contributed by atoms with van der Waals surface area (Å²) in [6.07, 6.45) is -0.580. The maximum atomic E-state index is 13.2. The molecule has 0 bridgehead atoms. The Labute approximate surface area is 162 Å². The van der Waals surface area contributed by atoms with Gasteiger partial charge in [-0.25, -0.2) is 9.69 Å². The summed E-state index contributed by atoms with van der Waals surface area (Å²) in [5, 5.41) is 0. The van der Waals surface area contributed by atoms with Crippen molar-refractivity contribution < 1.29 is 14.3 Å². The van der Waals surface area contributed by atoms with Crippen molar-refractivity contribution in [3.63, 3.8) is 0 Å². The molecule has 0 aliphatic carbocycles. The smallest absolute Gasteiger partial charge is 0.417 e. The molecule has 2 aromatic carbocycles. The van der Waals surface area contributed by atoms with Gasteiger partial charge in [-0.15, -0.1) is 0 Å². The summed E-state index contributed by atoms with van der Waals surface area (Å²) in [5.74, 6) is -0.0862. The van der Waals surface area contributed by atoms with Crippen LogP contribution in [0.4, 0.5) is 4.79 Å². The normalized spacial score (nSPS) is 19.3. The van der Waals surface area contributed by atoms with E-state index in [1.165, 1.54) is 4.90 Å². The molecule has 0 N–H and O–H groups in total. The van der Waals surface area contributed by atoms with Gasteiger partial charge in [-0.2, -0.15) is 0 Å². The third-order valence-electron chi connectivity index (χ3n) is 4.75. The first-order valence-electron chi connectivity index (χ1n) is 8.74. The summed E-state index contributed by atoms with van der Waals surface area (Å²) < 4.78 is 5.20. The molecule has 0 aromatic heterocycles. The van der Waals surface area contributed by atoms with E-state index in [2.05, 4.69) is 29.8 Å². The number of nitrogens with zero attached hydrogens (tertiary/aromatic N) is 1. The van der Waals surface area contributed by atoms with Gasteiger partial charge in [0.25, 0.3) is 0 Å². The number of halogens is 1. The Morgan fingerprint density at radius 2 is 1.65 bits per heavy atom.